The van der Waals surface area contributed by atoms with Crippen molar-refractivity contribution < 1.29 is 9.59 Å². The lowest BCUT2D eigenvalue weighted by Gasteiger charge is -2.23. The minimum atomic E-state index is -0.652. The van der Waals surface area contributed by atoms with E-state index in [0.29, 0.717) is 11.5 Å². The van der Waals surface area contributed by atoms with Crippen molar-refractivity contribution in [3.63, 3.8) is 0 Å². The molecular formula is C20H22N4O2. The third-order valence-corrected chi connectivity index (χ3v) is 4.45. The summed E-state index contributed by atoms with van der Waals surface area (Å²) in [5.41, 5.74) is 2.14. The highest BCUT2D eigenvalue weighted by Crippen LogP contribution is 2.15. The van der Waals surface area contributed by atoms with Gasteiger partial charge in [0.1, 0.15) is 6.04 Å². The van der Waals surface area contributed by atoms with Crippen molar-refractivity contribution in [3.05, 3.63) is 60.2 Å². The molecule has 0 unspecified atom stereocenters. The zero-order valence-electron chi connectivity index (χ0n) is 14.8. The summed E-state index contributed by atoms with van der Waals surface area (Å²) in [6.45, 7) is 3.93. The second-order valence-corrected chi connectivity index (χ2v) is 6.29. The summed E-state index contributed by atoms with van der Waals surface area (Å²) in [6.07, 6.45) is 0.757. The smallest absolute Gasteiger partial charge is 0.251 e. The van der Waals surface area contributed by atoms with Crippen LogP contribution in [0.1, 0.15) is 30.6 Å². The van der Waals surface area contributed by atoms with Gasteiger partial charge in [0.05, 0.1) is 11.0 Å². The van der Waals surface area contributed by atoms with Gasteiger partial charge in [-0.25, -0.2) is 4.98 Å². The van der Waals surface area contributed by atoms with Crippen LogP contribution in [0.25, 0.3) is 11.0 Å². The molecule has 6 heteroatoms. The number of hydrogen-bond donors (Lipinski definition) is 3. The van der Waals surface area contributed by atoms with E-state index in [1.54, 1.807) is 24.3 Å². The first-order chi connectivity index (χ1) is 12.6. The molecule has 0 aliphatic heterocycles. The maximum Gasteiger partial charge on any atom is 0.251 e. The molecule has 0 aliphatic rings. The Bertz CT molecular complexity index is 871. The molecular weight excluding hydrogens is 328 g/mol. The molecule has 3 N–H and O–H groups in total. The lowest BCUT2D eigenvalue weighted by atomic mass is 9.98. The number of carbonyl (C=O) groups excluding carboxylic acids is 2. The van der Waals surface area contributed by atoms with Gasteiger partial charge < -0.3 is 10.3 Å². The van der Waals surface area contributed by atoms with Crippen molar-refractivity contribution in [1.29, 1.82) is 0 Å². The summed E-state index contributed by atoms with van der Waals surface area (Å²) < 4.78 is 0. The number of para-hydroxylation sites is 2. The fourth-order valence-corrected chi connectivity index (χ4v) is 2.72. The first-order valence-corrected chi connectivity index (χ1v) is 8.70. The molecule has 3 aromatic rings. The van der Waals surface area contributed by atoms with Gasteiger partial charge in [0.15, 0.2) is 0 Å². The molecule has 0 saturated carbocycles. The largest absolute Gasteiger partial charge is 0.340 e. The molecule has 0 bridgehead atoms. The average molecular weight is 350 g/mol. The number of amides is 2. The van der Waals surface area contributed by atoms with Crippen LogP contribution < -0.4 is 10.6 Å². The monoisotopic (exact) mass is 350 g/mol. The van der Waals surface area contributed by atoms with Crippen LogP contribution in [-0.2, 0) is 4.79 Å². The minimum absolute atomic E-state index is 0.0213. The van der Waals surface area contributed by atoms with Gasteiger partial charge in [0.2, 0.25) is 11.9 Å². The number of aromatic amines is 1. The standard InChI is InChI=1S/C20H22N4O2/c1-3-13(2)17(23-18(25)14-9-5-4-6-10-14)19(26)24-20-21-15-11-7-8-12-16(15)22-20/h4-13,17H,3H2,1-2H3,(H,23,25)(H2,21,22,24,26)/t13-,17+/m0/s1. The summed E-state index contributed by atoms with van der Waals surface area (Å²) in [5.74, 6) is -0.205. The summed E-state index contributed by atoms with van der Waals surface area (Å²) >= 11 is 0. The van der Waals surface area contributed by atoms with Crippen molar-refractivity contribution >= 4 is 28.8 Å². The molecule has 0 spiro atoms. The molecule has 0 fully saturated rings. The summed E-state index contributed by atoms with van der Waals surface area (Å²) in [5, 5.41) is 5.63. The number of fused-ring (bicyclic) bond motifs is 1. The van der Waals surface area contributed by atoms with Crippen molar-refractivity contribution in [2.45, 2.75) is 26.3 Å². The van der Waals surface area contributed by atoms with Crippen LogP contribution in [-0.4, -0.2) is 27.8 Å². The lowest BCUT2D eigenvalue weighted by molar-refractivity contribution is -0.119. The van der Waals surface area contributed by atoms with Gasteiger partial charge in [-0.1, -0.05) is 50.6 Å². The fourth-order valence-electron chi connectivity index (χ4n) is 2.72. The van der Waals surface area contributed by atoms with Gasteiger partial charge >= 0.3 is 0 Å². The summed E-state index contributed by atoms with van der Waals surface area (Å²) in [4.78, 5) is 32.7. The van der Waals surface area contributed by atoms with E-state index in [1.165, 1.54) is 0 Å². The van der Waals surface area contributed by atoms with E-state index < -0.39 is 6.04 Å². The average Bonchev–Trinajstić information content (AvgIpc) is 3.08. The SMILES string of the molecule is CC[C@H](C)[C@@H](NC(=O)c1ccccc1)C(=O)Nc1nc2ccccc2[nH]1. The Hall–Kier alpha value is -3.15. The molecule has 1 aromatic heterocycles. The van der Waals surface area contributed by atoms with Crippen molar-refractivity contribution in [2.24, 2.45) is 5.92 Å². The Morgan fingerprint density at radius 2 is 1.77 bits per heavy atom. The molecule has 0 saturated heterocycles. The third-order valence-electron chi connectivity index (χ3n) is 4.45. The summed E-state index contributed by atoms with van der Waals surface area (Å²) in [7, 11) is 0. The van der Waals surface area contributed by atoms with E-state index in [0.717, 1.165) is 17.5 Å². The number of hydrogen-bond acceptors (Lipinski definition) is 3. The molecule has 0 radical (unpaired) electrons. The lowest BCUT2D eigenvalue weighted by Crippen LogP contribution is -2.47. The van der Waals surface area contributed by atoms with Crippen LogP contribution in [0.5, 0.6) is 0 Å². The Morgan fingerprint density at radius 3 is 2.46 bits per heavy atom. The zero-order valence-corrected chi connectivity index (χ0v) is 14.8. The molecule has 2 atom stereocenters. The molecule has 134 valence electrons. The van der Waals surface area contributed by atoms with Crippen LogP contribution >= 0.6 is 0 Å². The second kappa shape index (κ2) is 7.82. The third kappa shape index (κ3) is 3.91. The van der Waals surface area contributed by atoms with E-state index in [-0.39, 0.29) is 17.7 Å². The van der Waals surface area contributed by atoms with Crippen LogP contribution in [0.3, 0.4) is 0 Å². The Labute approximate surface area is 152 Å². The second-order valence-electron chi connectivity index (χ2n) is 6.29. The number of aromatic nitrogens is 2. The predicted octanol–water partition coefficient (Wildman–Crippen LogP) is 3.35. The maximum absolute atomic E-state index is 12.8. The first kappa shape index (κ1) is 17.7. The highest BCUT2D eigenvalue weighted by molar-refractivity contribution is 6.01. The van der Waals surface area contributed by atoms with Crippen LogP contribution in [0.4, 0.5) is 5.95 Å². The van der Waals surface area contributed by atoms with E-state index in [1.807, 2.05) is 44.2 Å². The van der Waals surface area contributed by atoms with Gasteiger partial charge in [-0.3, -0.25) is 14.9 Å². The topological polar surface area (TPSA) is 86.9 Å². The van der Waals surface area contributed by atoms with Crippen molar-refractivity contribution in [2.75, 3.05) is 5.32 Å². The number of nitrogens with zero attached hydrogens (tertiary/aromatic N) is 1. The van der Waals surface area contributed by atoms with Crippen LogP contribution in [0.2, 0.25) is 0 Å². The van der Waals surface area contributed by atoms with Crippen LogP contribution in [0.15, 0.2) is 54.6 Å². The van der Waals surface area contributed by atoms with E-state index >= 15 is 0 Å². The number of imidazole rings is 1. The zero-order chi connectivity index (χ0) is 18.5. The van der Waals surface area contributed by atoms with Crippen molar-refractivity contribution in [1.82, 2.24) is 15.3 Å². The van der Waals surface area contributed by atoms with Gasteiger partial charge in [0, 0.05) is 5.56 Å². The fraction of sp³-hybridized carbons (Fsp3) is 0.250. The highest BCUT2D eigenvalue weighted by Gasteiger charge is 2.27. The number of rotatable bonds is 6. The molecule has 0 aliphatic carbocycles. The maximum atomic E-state index is 12.8. The van der Waals surface area contributed by atoms with Gasteiger partial charge in [-0.2, -0.15) is 0 Å². The van der Waals surface area contributed by atoms with Crippen molar-refractivity contribution in [3.8, 4) is 0 Å². The molecule has 2 aromatic carbocycles. The minimum Gasteiger partial charge on any atom is -0.340 e. The number of anilines is 1. The highest BCUT2D eigenvalue weighted by atomic mass is 16.2. The van der Waals surface area contributed by atoms with E-state index in [9.17, 15) is 9.59 Å². The Morgan fingerprint density at radius 1 is 1.08 bits per heavy atom. The van der Waals surface area contributed by atoms with Gasteiger partial charge in [-0.15, -0.1) is 0 Å². The number of carbonyl (C=O) groups is 2. The first-order valence-electron chi connectivity index (χ1n) is 8.70. The van der Waals surface area contributed by atoms with Gasteiger partial charge in [-0.05, 0) is 30.2 Å². The quantitative estimate of drug-likeness (QED) is 0.637. The molecule has 1 heterocycles. The normalized spacial score (nSPS) is 13.2. The summed E-state index contributed by atoms with van der Waals surface area (Å²) in [6, 6.07) is 15.8. The predicted molar refractivity (Wildman–Crippen MR) is 102 cm³/mol. The molecule has 3 rings (SSSR count). The molecule has 6 nitrogen and oxygen atoms in total. The Kier molecular flexibility index (Phi) is 5.31. The Balaban J connectivity index is 1.76. The molecule has 2 amide bonds. The number of benzene rings is 2. The van der Waals surface area contributed by atoms with E-state index in [4.69, 9.17) is 0 Å². The van der Waals surface area contributed by atoms with Gasteiger partial charge in [0.25, 0.3) is 5.91 Å². The number of nitrogens with one attached hydrogen (secondary N) is 3. The van der Waals surface area contributed by atoms with Crippen LogP contribution in [0, 0.1) is 5.92 Å². The molecule has 26 heavy (non-hydrogen) atoms. The van der Waals surface area contributed by atoms with E-state index in [2.05, 4.69) is 20.6 Å². The number of H-pyrrole nitrogens is 1.